The van der Waals surface area contributed by atoms with Gasteiger partial charge in [0.1, 0.15) is 0 Å². The lowest BCUT2D eigenvalue weighted by Crippen LogP contribution is -2.17. The maximum atomic E-state index is 13.5. The number of esters is 1. The summed E-state index contributed by atoms with van der Waals surface area (Å²) < 4.78 is 18.4. The van der Waals surface area contributed by atoms with Crippen molar-refractivity contribution in [3.05, 3.63) is 29.6 Å². The van der Waals surface area contributed by atoms with Crippen molar-refractivity contribution in [2.75, 3.05) is 0 Å². The molecule has 1 aromatic carbocycles. The van der Waals surface area contributed by atoms with Crippen LogP contribution in [0, 0.1) is 11.7 Å². The van der Waals surface area contributed by atoms with Crippen molar-refractivity contribution in [3.63, 3.8) is 0 Å². The summed E-state index contributed by atoms with van der Waals surface area (Å²) in [4.78, 5) is 11.5. The average Bonchev–Trinajstić information content (AvgIpc) is 2.30. The molecule has 0 fully saturated rings. The van der Waals surface area contributed by atoms with E-state index >= 15 is 0 Å². The van der Waals surface area contributed by atoms with Gasteiger partial charge in [0.15, 0.2) is 11.6 Å². The molecular weight excluding hydrogens is 275 g/mol. The number of hydrogen-bond acceptors (Lipinski definition) is 2. The Balaban J connectivity index is 2.78. The van der Waals surface area contributed by atoms with Crippen LogP contribution in [-0.4, -0.2) is 5.97 Å². The summed E-state index contributed by atoms with van der Waals surface area (Å²) in [5, 5.41) is 0.573. The molecule has 0 aliphatic heterocycles. The number of halogens is 2. The standard InChI is InChI=1S/C12H14BrFO2/c1-3-8(2)12(15)16-11-5-4-9(7-13)6-10(11)14/h4-6,8H,3,7H2,1-2H3. The Hall–Kier alpha value is -0.900. The first-order valence-electron chi connectivity index (χ1n) is 5.14. The molecule has 1 aromatic rings. The lowest BCUT2D eigenvalue weighted by Gasteiger charge is -2.09. The van der Waals surface area contributed by atoms with E-state index in [1.165, 1.54) is 12.1 Å². The maximum absolute atomic E-state index is 13.5. The van der Waals surface area contributed by atoms with Gasteiger partial charge in [0, 0.05) is 5.33 Å². The molecule has 88 valence electrons. The van der Waals surface area contributed by atoms with Gasteiger partial charge in [-0.05, 0) is 24.1 Å². The Kier molecular flexibility index (Phi) is 4.93. The summed E-state index contributed by atoms with van der Waals surface area (Å²) in [6.45, 7) is 3.64. The number of alkyl halides is 1. The SMILES string of the molecule is CCC(C)C(=O)Oc1ccc(CBr)cc1F. The number of carbonyl (C=O) groups excluding carboxylic acids is 1. The molecule has 0 amide bonds. The molecule has 16 heavy (non-hydrogen) atoms. The molecule has 2 nitrogen and oxygen atoms in total. The van der Waals surface area contributed by atoms with E-state index in [4.69, 9.17) is 4.74 Å². The molecule has 0 bridgehead atoms. The van der Waals surface area contributed by atoms with Crippen LogP contribution in [0.3, 0.4) is 0 Å². The molecule has 0 heterocycles. The summed E-state index contributed by atoms with van der Waals surface area (Å²) in [7, 11) is 0. The van der Waals surface area contributed by atoms with E-state index in [0.29, 0.717) is 11.8 Å². The molecule has 0 N–H and O–H groups in total. The summed E-state index contributed by atoms with van der Waals surface area (Å²) >= 11 is 3.23. The summed E-state index contributed by atoms with van der Waals surface area (Å²) in [6.07, 6.45) is 0.680. The van der Waals surface area contributed by atoms with Gasteiger partial charge in [0.05, 0.1) is 5.92 Å². The van der Waals surface area contributed by atoms with Gasteiger partial charge >= 0.3 is 5.97 Å². The van der Waals surface area contributed by atoms with E-state index < -0.39 is 11.8 Å². The quantitative estimate of drug-likeness (QED) is 0.480. The van der Waals surface area contributed by atoms with Crippen molar-refractivity contribution >= 4 is 21.9 Å². The maximum Gasteiger partial charge on any atom is 0.314 e. The lowest BCUT2D eigenvalue weighted by atomic mass is 10.1. The zero-order valence-electron chi connectivity index (χ0n) is 9.30. The van der Waals surface area contributed by atoms with Crippen LogP contribution in [0.2, 0.25) is 0 Å². The highest BCUT2D eigenvalue weighted by Crippen LogP contribution is 2.21. The highest BCUT2D eigenvalue weighted by Gasteiger charge is 2.15. The normalized spacial score (nSPS) is 12.2. The smallest absolute Gasteiger partial charge is 0.314 e. The van der Waals surface area contributed by atoms with Crippen LogP contribution in [-0.2, 0) is 10.1 Å². The number of carbonyl (C=O) groups is 1. The lowest BCUT2D eigenvalue weighted by molar-refractivity contribution is -0.138. The van der Waals surface area contributed by atoms with Gasteiger partial charge in [0.25, 0.3) is 0 Å². The fraction of sp³-hybridized carbons (Fsp3) is 0.417. The molecule has 0 aliphatic rings. The largest absolute Gasteiger partial charge is 0.423 e. The molecule has 0 aromatic heterocycles. The third-order valence-electron chi connectivity index (χ3n) is 2.38. The number of benzene rings is 1. The van der Waals surface area contributed by atoms with E-state index in [0.717, 1.165) is 5.56 Å². The van der Waals surface area contributed by atoms with Gasteiger partial charge in [-0.1, -0.05) is 35.8 Å². The third-order valence-corrected chi connectivity index (χ3v) is 3.02. The Morgan fingerprint density at radius 3 is 2.75 bits per heavy atom. The highest BCUT2D eigenvalue weighted by molar-refractivity contribution is 9.08. The first kappa shape index (κ1) is 13.2. The predicted octanol–water partition coefficient (Wildman–Crippen LogP) is 3.67. The van der Waals surface area contributed by atoms with Crippen molar-refractivity contribution in [3.8, 4) is 5.75 Å². The van der Waals surface area contributed by atoms with Crippen molar-refractivity contribution in [1.82, 2.24) is 0 Å². The van der Waals surface area contributed by atoms with Crippen molar-refractivity contribution < 1.29 is 13.9 Å². The average molecular weight is 289 g/mol. The minimum atomic E-state index is -0.506. The van der Waals surface area contributed by atoms with Crippen LogP contribution in [0.5, 0.6) is 5.75 Å². The second-order valence-corrected chi connectivity index (χ2v) is 4.19. The van der Waals surface area contributed by atoms with E-state index in [1.807, 2.05) is 6.92 Å². The van der Waals surface area contributed by atoms with Crippen LogP contribution in [0.25, 0.3) is 0 Å². The topological polar surface area (TPSA) is 26.3 Å². The molecule has 1 atom stereocenters. The van der Waals surface area contributed by atoms with Crippen LogP contribution in [0.1, 0.15) is 25.8 Å². The molecule has 0 radical (unpaired) electrons. The van der Waals surface area contributed by atoms with Crippen molar-refractivity contribution in [2.45, 2.75) is 25.6 Å². The first-order chi connectivity index (χ1) is 7.58. The Morgan fingerprint density at radius 1 is 1.56 bits per heavy atom. The zero-order chi connectivity index (χ0) is 12.1. The van der Waals surface area contributed by atoms with Gasteiger partial charge in [-0.3, -0.25) is 4.79 Å². The molecule has 1 unspecified atom stereocenters. The van der Waals surface area contributed by atoms with E-state index in [-0.39, 0.29) is 11.7 Å². The fourth-order valence-corrected chi connectivity index (χ4v) is 1.43. The molecule has 0 spiro atoms. The Labute approximate surface area is 103 Å². The fourth-order valence-electron chi connectivity index (χ4n) is 1.09. The molecule has 0 saturated heterocycles. The molecule has 4 heteroatoms. The van der Waals surface area contributed by atoms with Gasteiger partial charge in [0.2, 0.25) is 0 Å². The third kappa shape index (κ3) is 3.30. The first-order valence-corrected chi connectivity index (χ1v) is 6.26. The van der Waals surface area contributed by atoms with E-state index in [2.05, 4.69) is 15.9 Å². The monoisotopic (exact) mass is 288 g/mol. The van der Waals surface area contributed by atoms with Crippen LogP contribution < -0.4 is 4.74 Å². The molecular formula is C12H14BrFO2. The van der Waals surface area contributed by atoms with Gasteiger partial charge in [-0.2, -0.15) is 0 Å². The molecule has 0 saturated carbocycles. The second-order valence-electron chi connectivity index (χ2n) is 3.63. The predicted molar refractivity (Wildman–Crippen MR) is 64.1 cm³/mol. The van der Waals surface area contributed by atoms with E-state index in [9.17, 15) is 9.18 Å². The number of ether oxygens (including phenoxy) is 1. The summed E-state index contributed by atoms with van der Waals surface area (Å²) in [5.74, 6) is -1.12. The second kappa shape index (κ2) is 5.99. The minimum Gasteiger partial charge on any atom is -0.423 e. The van der Waals surface area contributed by atoms with Gasteiger partial charge in [-0.15, -0.1) is 0 Å². The summed E-state index contributed by atoms with van der Waals surface area (Å²) in [6, 6.07) is 4.55. The molecule has 1 rings (SSSR count). The zero-order valence-corrected chi connectivity index (χ0v) is 10.9. The number of rotatable bonds is 4. The summed E-state index contributed by atoms with van der Waals surface area (Å²) in [5.41, 5.74) is 0.806. The van der Waals surface area contributed by atoms with Crippen LogP contribution in [0.4, 0.5) is 4.39 Å². The van der Waals surface area contributed by atoms with Gasteiger partial charge < -0.3 is 4.74 Å². The minimum absolute atomic E-state index is 0.00463. The number of hydrogen-bond donors (Lipinski definition) is 0. The van der Waals surface area contributed by atoms with Gasteiger partial charge in [-0.25, -0.2) is 4.39 Å². The highest BCUT2D eigenvalue weighted by atomic mass is 79.9. The van der Waals surface area contributed by atoms with E-state index in [1.54, 1.807) is 13.0 Å². The Bertz CT molecular complexity index is 379. The van der Waals surface area contributed by atoms with Crippen LogP contribution >= 0.6 is 15.9 Å². The molecule has 0 aliphatic carbocycles. The van der Waals surface area contributed by atoms with Crippen molar-refractivity contribution in [2.24, 2.45) is 5.92 Å². The Morgan fingerprint density at radius 2 is 2.25 bits per heavy atom. The van der Waals surface area contributed by atoms with Crippen LogP contribution in [0.15, 0.2) is 18.2 Å². The van der Waals surface area contributed by atoms with Crippen molar-refractivity contribution in [1.29, 1.82) is 0 Å².